The molecule has 1 aliphatic heterocycles. The monoisotopic (exact) mass is 310 g/mol. The summed E-state index contributed by atoms with van der Waals surface area (Å²) < 4.78 is 2.11. The molecule has 22 heavy (non-hydrogen) atoms. The Morgan fingerprint density at radius 3 is 2.73 bits per heavy atom. The predicted octanol–water partition coefficient (Wildman–Crippen LogP) is 3.77. The van der Waals surface area contributed by atoms with Crippen molar-refractivity contribution >= 4 is 11.8 Å². The lowest BCUT2D eigenvalue weighted by Gasteiger charge is -2.28. The summed E-state index contributed by atoms with van der Waals surface area (Å²) in [7, 11) is 0. The van der Waals surface area contributed by atoms with Crippen LogP contribution in [0.15, 0.2) is 35.5 Å². The van der Waals surface area contributed by atoms with E-state index in [0.29, 0.717) is 17.2 Å². The Bertz CT molecular complexity index is 712. The maximum atomic E-state index is 8.87. The molecule has 0 saturated heterocycles. The van der Waals surface area contributed by atoms with Crippen LogP contribution in [0.25, 0.3) is 0 Å². The number of aromatic nitrogens is 3. The molecule has 4 nitrogen and oxygen atoms in total. The van der Waals surface area contributed by atoms with Crippen LogP contribution in [0.3, 0.4) is 0 Å². The van der Waals surface area contributed by atoms with Gasteiger partial charge in [0.25, 0.3) is 0 Å². The van der Waals surface area contributed by atoms with Crippen molar-refractivity contribution in [1.82, 2.24) is 14.8 Å². The number of hydrogen-bond acceptors (Lipinski definition) is 4. The Hall–Kier alpha value is -1.80. The maximum absolute atomic E-state index is 8.87. The second-order valence-electron chi connectivity index (χ2n) is 6.30. The van der Waals surface area contributed by atoms with Crippen molar-refractivity contribution in [3.63, 3.8) is 0 Å². The zero-order valence-corrected chi connectivity index (χ0v) is 13.3. The first-order chi connectivity index (χ1) is 10.7. The summed E-state index contributed by atoms with van der Waals surface area (Å²) in [6.07, 6.45) is 3.02. The molecule has 1 aromatic heterocycles. The molecule has 1 aromatic carbocycles. The first kappa shape index (κ1) is 13.8. The quantitative estimate of drug-likeness (QED) is 0.866. The number of rotatable bonds is 3. The molecule has 112 valence electrons. The van der Waals surface area contributed by atoms with Crippen LogP contribution in [0.1, 0.15) is 49.5 Å². The summed E-state index contributed by atoms with van der Waals surface area (Å²) in [5.41, 5.74) is 1.31. The lowest BCUT2D eigenvalue weighted by atomic mass is 9.86. The molecule has 0 N–H and O–H groups in total. The summed E-state index contributed by atoms with van der Waals surface area (Å²) in [4.78, 5) is 4.75. The van der Waals surface area contributed by atoms with Gasteiger partial charge in [0.05, 0.1) is 12.1 Å². The van der Waals surface area contributed by atoms with Crippen LogP contribution in [0.2, 0.25) is 0 Å². The first-order valence-corrected chi connectivity index (χ1v) is 8.70. The molecule has 2 atom stereocenters. The Morgan fingerprint density at radius 1 is 1.23 bits per heavy atom. The molecule has 2 aromatic rings. The molecule has 0 unspecified atom stereocenters. The number of nitrogens with zero attached hydrogens (tertiary/aromatic N) is 4. The molecule has 1 saturated carbocycles. The topological polar surface area (TPSA) is 54.5 Å². The number of thioether (sulfide) groups is 1. The fourth-order valence-electron chi connectivity index (χ4n) is 3.34. The van der Waals surface area contributed by atoms with Crippen LogP contribution >= 0.6 is 11.8 Å². The van der Waals surface area contributed by atoms with Gasteiger partial charge < -0.3 is 0 Å². The smallest absolute Gasteiger partial charge is 0.208 e. The van der Waals surface area contributed by atoms with Crippen molar-refractivity contribution < 1.29 is 0 Å². The maximum Gasteiger partial charge on any atom is 0.208 e. The minimum atomic E-state index is 0.239. The highest BCUT2D eigenvalue weighted by Crippen LogP contribution is 2.42. The summed E-state index contributed by atoms with van der Waals surface area (Å²) in [6.45, 7) is 2.23. The van der Waals surface area contributed by atoms with E-state index in [4.69, 9.17) is 15.3 Å². The van der Waals surface area contributed by atoms with Crippen molar-refractivity contribution in [1.29, 1.82) is 5.26 Å². The highest BCUT2D eigenvalue weighted by atomic mass is 32.2. The van der Waals surface area contributed by atoms with Gasteiger partial charge in [-0.05, 0) is 24.8 Å². The molecule has 2 heterocycles. The zero-order valence-electron chi connectivity index (χ0n) is 12.5. The van der Waals surface area contributed by atoms with Crippen LogP contribution in [-0.4, -0.2) is 20.0 Å². The Balaban J connectivity index is 1.55. The van der Waals surface area contributed by atoms with E-state index in [1.165, 1.54) is 5.56 Å². The average Bonchev–Trinajstić information content (AvgIpc) is 3.04. The van der Waals surface area contributed by atoms with Crippen LogP contribution in [0.5, 0.6) is 0 Å². The minimum absolute atomic E-state index is 0.239. The fraction of sp³-hybridized carbons (Fsp3) is 0.471. The molecule has 0 radical (unpaired) electrons. The highest BCUT2D eigenvalue weighted by Gasteiger charge is 2.35. The molecule has 2 aliphatic rings. The Labute approximate surface area is 134 Å². The van der Waals surface area contributed by atoms with Crippen LogP contribution < -0.4 is 0 Å². The molecule has 0 spiro atoms. The molecular weight excluding hydrogens is 292 g/mol. The third-order valence-corrected chi connectivity index (χ3v) is 5.79. The van der Waals surface area contributed by atoms with E-state index in [1.807, 2.05) is 6.07 Å². The van der Waals surface area contributed by atoms with Crippen molar-refractivity contribution in [3.05, 3.63) is 41.7 Å². The van der Waals surface area contributed by atoms with Crippen LogP contribution in [0.4, 0.5) is 0 Å². The van der Waals surface area contributed by atoms with Gasteiger partial charge in [-0.25, -0.2) is 9.67 Å². The Morgan fingerprint density at radius 2 is 2.00 bits per heavy atom. The summed E-state index contributed by atoms with van der Waals surface area (Å²) >= 11 is 1.74. The molecule has 0 amide bonds. The summed E-state index contributed by atoms with van der Waals surface area (Å²) in [5.74, 6) is 1.79. The third-order valence-electron chi connectivity index (χ3n) is 4.68. The van der Waals surface area contributed by atoms with Gasteiger partial charge in [0.1, 0.15) is 5.82 Å². The van der Waals surface area contributed by atoms with Gasteiger partial charge in [0.15, 0.2) is 0 Å². The lowest BCUT2D eigenvalue weighted by molar-refractivity contribution is 0.412. The normalized spacial score (nSPS) is 29.6. The van der Waals surface area contributed by atoms with Gasteiger partial charge in [-0.15, -0.1) is 5.10 Å². The van der Waals surface area contributed by atoms with Gasteiger partial charge in [-0.1, -0.05) is 49.0 Å². The second kappa shape index (κ2) is 5.44. The van der Waals surface area contributed by atoms with Crippen LogP contribution in [0, 0.1) is 17.2 Å². The van der Waals surface area contributed by atoms with Gasteiger partial charge in [-0.3, -0.25) is 0 Å². The van der Waals surface area contributed by atoms with Crippen LogP contribution in [-0.2, 0) is 0 Å². The van der Waals surface area contributed by atoms with E-state index in [0.717, 1.165) is 30.2 Å². The van der Waals surface area contributed by atoms with E-state index >= 15 is 0 Å². The molecule has 5 heteroatoms. The predicted molar refractivity (Wildman–Crippen MR) is 85.6 cm³/mol. The van der Waals surface area contributed by atoms with Gasteiger partial charge in [0, 0.05) is 17.1 Å². The second-order valence-corrected chi connectivity index (χ2v) is 7.57. The fourth-order valence-corrected chi connectivity index (χ4v) is 4.58. The molecular formula is C17H18N4S. The average molecular weight is 310 g/mol. The van der Waals surface area contributed by atoms with Crippen molar-refractivity contribution in [2.24, 2.45) is 5.92 Å². The summed E-state index contributed by atoms with van der Waals surface area (Å²) in [5, 5.41) is 15.0. The number of nitriles is 1. The standard InChI is InChI=1S/C17H18N4S/c1-11-7-15(13-5-3-2-4-6-13)21-16(11)19-17(20-21)22-14-8-12(9-14)10-18/h2-6,11-12,14-15H,7-9H2,1H3/t11-,12?,14?,15-/m0/s1. The summed E-state index contributed by atoms with van der Waals surface area (Å²) in [6, 6.07) is 13.2. The van der Waals surface area contributed by atoms with E-state index in [9.17, 15) is 0 Å². The lowest BCUT2D eigenvalue weighted by Crippen LogP contribution is -2.24. The van der Waals surface area contributed by atoms with Crippen molar-refractivity contribution in [3.8, 4) is 6.07 Å². The number of benzene rings is 1. The van der Waals surface area contributed by atoms with E-state index in [2.05, 4.69) is 41.9 Å². The van der Waals surface area contributed by atoms with Gasteiger partial charge in [-0.2, -0.15) is 5.26 Å². The van der Waals surface area contributed by atoms with Gasteiger partial charge >= 0.3 is 0 Å². The number of fused-ring (bicyclic) bond motifs is 1. The van der Waals surface area contributed by atoms with Gasteiger partial charge in [0.2, 0.25) is 5.16 Å². The van der Waals surface area contributed by atoms with Crippen molar-refractivity contribution in [2.45, 2.75) is 48.6 Å². The van der Waals surface area contributed by atoms with E-state index < -0.39 is 0 Å². The first-order valence-electron chi connectivity index (χ1n) is 7.82. The van der Waals surface area contributed by atoms with E-state index in [-0.39, 0.29) is 5.92 Å². The highest BCUT2D eigenvalue weighted by molar-refractivity contribution is 7.99. The van der Waals surface area contributed by atoms with E-state index in [1.54, 1.807) is 11.8 Å². The third kappa shape index (κ3) is 2.32. The number of hydrogen-bond donors (Lipinski definition) is 0. The molecule has 1 fully saturated rings. The molecule has 4 rings (SSSR count). The molecule has 1 aliphatic carbocycles. The largest absolute Gasteiger partial charge is 0.241 e. The molecule has 0 bridgehead atoms. The SMILES string of the molecule is C[C@H]1C[C@@H](c2ccccc2)n2nc(SC3CC(C#N)C3)nc21. The zero-order chi connectivity index (χ0) is 15.1. The Kier molecular flexibility index (Phi) is 3.42. The minimum Gasteiger partial charge on any atom is -0.241 e. The van der Waals surface area contributed by atoms with Crippen molar-refractivity contribution in [2.75, 3.05) is 0 Å².